The van der Waals surface area contributed by atoms with Crippen LogP contribution < -0.4 is 4.90 Å². The van der Waals surface area contributed by atoms with Gasteiger partial charge in [-0.2, -0.15) is 0 Å². The standard InChI is InChI=1S/C57H44N4/c1-56(2)45-35-21-19-33-43(45)47-49(55-59-53(38-25-11-6-12-26-38)58-54(60-55)42-32-18-17-31-41(42)37-23-9-5-10-24-37)48-44-34-20-22-36-46(44)57(3,4)51(48)52(50(47)56)61(39-27-13-7-14-28-39)40-29-15-8-16-30-40/h5-36H,1-4H3. The van der Waals surface area contributed by atoms with Gasteiger partial charge in [-0.15, -0.1) is 0 Å². The summed E-state index contributed by atoms with van der Waals surface area (Å²) < 4.78 is 0. The first kappa shape index (κ1) is 36.6. The molecule has 61 heavy (non-hydrogen) atoms. The van der Waals surface area contributed by atoms with E-state index in [-0.39, 0.29) is 0 Å². The van der Waals surface area contributed by atoms with Crippen molar-refractivity contribution in [3.63, 3.8) is 0 Å². The van der Waals surface area contributed by atoms with E-state index in [9.17, 15) is 0 Å². The third-order valence-corrected chi connectivity index (χ3v) is 12.9. The SMILES string of the molecule is CC1(C)c2ccccc2-c2c(-c3nc(-c4ccccc4)nc(-c4ccccc4-c4ccccc4)n3)c3c(c(N(c4ccccc4)c4ccccc4)c21)C(C)(C)c1ccccc1-3. The van der Waals surface area contributed by atoms with Gasteiger partial charge in [-0.1, -0.05) is 198 Å². The van der Waals surface area contributed by atoms with Crippen molar-refractivity contribution >= 4 is 17.1 Å². The zero-order valence-electron chi connectivity index (χ0n) is 34.8. The van der Waals surface area contributed by atoms with Gasteiger partial charge >= 0.3 is 0 Å². The molecule has 9 aromatic rings. The first-order valence-corrected chi connectivity index (χ1v) is 21.1. The fourth-order valence-corrected chi connectivity index (χ4v) is 10.1. The number of benzene rings is 8. The van der Waals surface area contributed by atoms with Crippen LogP contribution in [0.4, 0.5) is 17.1 Å². The van der Waals surface area contributed by atoms with Gasteiger partial charge in [0, 0.05) is 38.9 Å². The number of hydrogen-bond acceptors (Lipinski definition) is 4. The lowest BCUT2D eigenvalue weighted by atomic mass is 9.74. The van der Waals surface area contributed by atoms with Gasteiger partial charge in [-0.3, -0.25) is 0 Å². The summed E-state index contributed by atoms with van der Waals surface area (Å²) in [6.45, 7) is 9.58. The van der Waals surface area contributed by atoms with Crippen LogP contribution in [0.5, 0.6) is 0 Å². The molecular formula is C57H44N4. The Bertz CT molecular complexity index is 2990. The van der Waals surface area contributed by atoms with Crippen molar-refractivity contribution in [3.8, 4) is 67.5 Å². The Morgan fingerprint density at radius 1 is 0.328 bits per heavy atom. The quantitative estimate of drug-likeness (QED) is 0.161. The van der Waals surface area contributed by atoms with Crippen LogP contribution in [0.25, 0.3) is 67.5 Å². The predicted molar refractivity (Wildman–Crippen MR) is 251 cm³/mol. The second-order valence-electron chi connectivity index (χ2n) is 17.2. The highest BCUT2D eigenvalue weighted by molar-refractivity contribution is 6.09. The minimum atomic E-state index is -0.393. The van der Waals surface area contributed by atoms with Crippen LogP contribution in [0.15, 0.2) is 194 Å². The van der Waals surface area contributed by atoms with Crippen LogP contribution in [0.2, 0.25) is 0 Å². The molecule has 0 N–H and O–H groups in total. The van der Waals surface area contributed by atoms with E-state index < -0.39 is 10.8 Å². The second-order valence-corrected chi connectivity index (χ2v) is 17.2. The van der Waals surface area contributed by atoms with Crippen molar-refractivity contribution in [3.05, 3.63) is 216 Å². The Kier molecular flexibility index (Phi) is 8.47. The molecule has 4 nitrogen and oxygen atoms in total. The van der Waals surface area contributed by atoms with E-state index in [1.165, 1.54) is 50.2 Å². The number of para-hydroxylation sites is 2. The first-order chi connectivity index (χ1) is 29.8. The summed E-state index contributed by atoms with van der Waals surface area (Å²) in [6.07, 6.45) is 0. The highest BCUT2D eigenvalue weighted by Gasteiger charge is 2.49. The number of hydrogen-bond donors (Lipinski definition) is 0. The van der Waals surface area contributed by atoms with Crippen molar-refractivity contribution in [1.29, 1.82) is 0 Å². The lowest BCUT2D eigenvalue weighted by Gasteiger charge is -2.37. The van der Waals surface area contributed by atoms with Crippen LogP contribution in [0.3, 0.4) is 0 Å². The maximum atomic E-state index is 5.64. The molecule has 0 aliphatic heterocycles. The Labute approximate surface area is 357 Å². The highest BCUT2D eigenvalue weighted by Crippen LogP contribution is 2.65. The molecule has 1 aromatic heterocycles. The summed E-state index contributed by atoms with van der Waals surface area (Å²) in [6, 6.07) is 69.0. The molecule has 8 aromatic carbocycles. The Balaban J connectivity index is 1.33. The fraction of sp³-hybridized carbons (Fsp3) is 0.105. The van der Waals surface area contributed by atoms with Gasteiger partial charge in [0.05, 0.1) is 5.69 Å². The number of anilines is 3. The van der Waals surface area contributed by atoms with Gasteiger partial charge in [-0.25, -0.2) is 15.0 Å². The zero-order chi connectivity index (χ0) is 41.3. The first-order valence-electron chi connectivity index (χ1n) is 21.1. The summed E-state index contributed by atoms with van der Waals surface area (Å²) in [7, 11) is 0. The summed E-state index contributed by atoms with van der Waals surface area (Å²) in [5, 5.41) is 0. The van der Waals surface area contributed by atoms with E-state index in [0.717, 1.165) is 39.2 Å². The van der Waals surface area contributed by atoms with Crippen molar-refractivity contribution in [2.75, 3.05) is 4.90 Å². The molecular weight excluding hydrogens is 741 g/mol. The summed E-state index contributed by atoms with van der Waals surface area (Å²) >= 11 is 0. The fourth-order valence-electron chi connectivity index (χ4n) is 10.1. The van der Waals surface area contributed by atoms with Crippen LogP contribution in [0.1, 0.15) is 49.9 Å². The molecule has 0 saturated heterocycles. The average Bonchev–Trinajstić information content (AvgIpc) is 3.70. The monoisotopic (exact) mass is 784 g/mol. The van der Waals surface area contributed by atoms with Gasteiger partial charge in [0.1, 0.15) is 0 Å². The third-order valence-electron chi connectivity index (χ3n) is 12.9. The molecule has 11 rings (SSSR count). The predicted octanol–water partition coefficient (Wildman–Crippen LogP) is 14.6. The Morgan fingerprint density at radius 2 is 0.705 bits per heavy atom. The summed E-state index contributed by atoms with van der Waals surface area (Å²) in [4.78, 5) is 19.0. The smallest absolute Gasteiger partial charge is 0.165 e. The van der Waals surface area contributed by atoms with Gasteiger partial charge < -0.3 is 4.90 Å². The largest absolute Gasteiger partial charge is 0.310 e. The lowest BCUT2D eigenvalue weighted by molar-refractivity contribution is 0.640. The molecule has 0 fully saturated rings. The minimum Gasteiger partial charge on any atom is -0.310 e. The summed E-state index contributed by atoms with van der Waals surface area (Å²) in [5.41, 5.74) is 17.6. The Hall–Kier alpha value is -7.43. The van der Waals surface area contributed by atoms with Crippen LogP contribution >= 0.6 is 0 Å². The maximum Gasteiger partial charge on any atom is 0.165 e. The molecule has 292 valence electrons. The molecule has 2 aliphatic carbocycles. The molecule has 0 amide bonds. The summed E-state index contributed by atoms with van der Waals surface area (Å²) in [5.74, 6) is 1.94. The number of nitrogens with zero attached hydrogens (tertiary/aromatic N) is 4. The van der Waals surface area contributed by atoms with Gasteiger partial charge in [0.15, 0.2) is 17.5 Å². The topological polar surface area (TPSA) is 41.9 Å². The van der Waals surface area contributed by atoms with Crippen molar-refractivity contribution in [2.45, 2.75) is 38.5 Å². The minimum absolute atomic E-state index is 0.393. The molecule has 0 saturated carbocycles. The maximum absolute atomic E-state index is 5.64. The molecule has 2 aliphatic rings. The number of fused-ring (bicyclic) bond motifs is 6. The van der Waals surface area contributed by atoms with Gasteiger partial charge in [0.25, 0.3) is 0 Å². The molecule has 0 radical (unpaired) electrons. The van der Waals surface area contributed by atoms with Gasteiger partial charge in [-0.05, 0) is 79.9 Å². The normalized spacial score (nSPS) is 13.8. The molecule has 0 atom stereocenters. The van der Waals surface area contributed by atoms with E-state index in [4.69, 9.17) is 15.0 Å². The number of rotatable bonds is 7. The van der Waals surface area contributed by atoms with E-state index in [2.05, 4.69) is 221 Å². The van der Waals surface area contributed by atoms with Crippen molar-refractivity contribution in [2.24, 2.45) is 0 Å². The third kappa shape index (κ3) is 5.70. The van der Waals surface area contributed by atoms with E-state index >= 15 is 0 Å². The zero-order valence-corrected chi connectivity index (χ0v) is 34.8. The van der Waals surface area contributed by atoms with Crippen molar-refractivity contribution < 1.29 is 0 Å². The van der Waals surface area contributed by atoms with Crippen LogP contribution in [-0.2, 0) is 10.8 Å². The van der Waals surface area contributed by atoms with E-state index in [0.29, 0.717) is 17.5 Å². The van der Waals surface area contributed by atoms with Crippen LogP contribution in [0, 0.1) is 0 Å². The van der Waals surface area contributed by atoms with E-state index in [1.807, 2.05) is 6.07 Å². The van der Waals surface area contributed by atoms with Crippen LogP contribution in [-0.4, -0.2) is 15.0 Å². The number of aromatic nitrogens is 3. The average molecular weight is 785 g/mol. The Morgan fingerprint density at radius 3 is 1.21 bits per heavy atom. The van der Waals surface area contributed by atoms with Crippen molar-refractivity contribution in [1.82, 2.24) is 15.0 Å². The lowest BCUT2D eigenvalue weighted by Crippen LogP contribution is -2.26. The molecule has 4 heteroatoms. The van der Waals surface area contributed by atoms with E-state index in [1.54, 1.807) is 0 Å². The molecule has 0 bridgehead atoms. The molecule has 0 unspecified atom stereocenters. The molecule has 1 heterocycles. The second kappa shape index (κ2) is 14.1. The molecule has 0 spiro atoms. The highest BCUT2D eigenvalue weighted by atomic mass is 15.2. The van der Waals surface area contributed by atoms with Gasteiger partial charge in [0.2, 0.25) is 0 Å².